The molecule has 2 saturated heterocycles. The van der Waals surface area contributed by atoms with E-state index in [1.165, 1.54) is 0 Å². The summed E-state index contributed by atoms with van der Waals surface area (Å²) in [6.07, 6.45) is 2.69. The fourth-order valence-corrected chi connectivity index (χ4v) is 2.70. The molecule has 92 valence electrons. The summed E-state index contributed by atoms with van der Waals surface area (Å²) in [5.41, 5.74) is 0. The predicted octanol–water partition coefficient (Wildman–Crippen LogP) is 1.89. The Bertz CT molecular complexity index is 253. The number of ether oxygens (including phenoxy) is 1. The first-order valence-corrected chi connectivity index (χ1v) is 6.62. The van der Waals surface area contributed by atoms with E-state index in [2.05, 4.69) is 6.92 Å². The number of piperidine rings is 1. The van der Waals surface area contributed by atoms with E-state index in [-0.39, 0.29) is 11.3 Å². The first-order valence-electron chi connectivity index (χ1n) is 6.19. The van der Waals surface area contributed by atoms with Crippen molar-refractivity contribution in [2.45, 2.75) is 31.6 Å². The van der Waals surface area contributed by atoms with Gasteiger partial charge >= 0.3 is 0 Å². The molecule has 16 heavy (non-hydrogen) atoms. The number of carbonyl (C=O) groups excluding carboxylic acids is 1. The van der Waals surface area contributed by atoms with Crippen LogP contribution in [-0.4, -0.2) is 42.5 Å². The maximum absolute atomic E-state index is 12.2. The maximum atomic E-state index is 12.2. The van der Waals surface area contributed by atoms with Crippen LogP contribution >= 0.6 is 11.6 Å². The quantitative estimate of drug-likeness (QED) is 0.661. The summed E-state index contributed by atoms with van der Waals surface area (Å²) in [5, 5.41) is 0.235. The van der Waals surface area contributed by atoms with E-state index in [0.717, 1.165) is 45.6 Å². The van der Waals surface area contributed by atoms with Gasteiger partial charge in [-0.25, -0.2) is 0 Å². The molecule has 2 heterocycles. The minimum absolute atomic E-state index is 0.188. The van der Waals surface area contributed by atoms with Crippen LogP contribution in [0.25, 0.3) is 0 Å². The van der Waals surface area contributed by atoms with Crippen molar-refractivity contribution < 1.29 is 9.53 Å². The lowest BCUT2D eigenvalue weighted by Crippen LogP contribution is -2.46. The Morgan fingerprint density at radius 1 is 1.31 bits per heavy atom. The molecule has 0 aromatic carbocycles. The second-order valence-electron chi connectivity index (χ2n) is 4.95. The number of carbonyl (C=O) groups is 1. The van der Waals surface area contributed by atoms with Crippen molar-refractivity contribution in [3.63, 3.8) is 0 Å². The molecular weight excluding hydrogens is 226 g/mol. The van der Waals surface area contributed by atoms with E-state index >= 15 is 0 Å². The van der Waals surface area contributed by atoms with Gasteiger partial charge in [-0.3, -0.25) is 4.79 Å². The number of alkyl halides is 1. The third kappa shape index (κ3) is 2.69. The van der Waals surface area contributed by atoms with Gasteiger partial charge in [-0.1, -0.05) is 6.92 Å². The second-order valence-corrected chi connectivity index (χ2v) is 5.51. The van der Waals surface area contributed by atoms with E-state index in [0.29, 0.717) is 11.8 Å². The zero-order chi connectivity index (χ0) is 11.5. The SMILES string of the molecule is CC1CN(C(=O)C2CCOCC2)CCC1Cl. The molecule has 4 heteroatoms. The monoisotopic (exact) mass is 245 g/mol. The van der Waals surface area contributed by atoms with Gasteiger partial charge in [-0.15, -0.1) is 11.6 Å². The minimum Gasteiger partial charge on any atom is -0.381 e. The molecule has 0 radical (unpaired) electrons. The summed E-state index contributed by atoms with van der Waals surface area (Å²) in [6.45, 7) is 5.25. The summed E-state index contributed by atoms with van der Waals surface area (Å²) in [4.78, 5) is 14.2. The molecule has 2 aliphatic heterocycles. The summed E-state index contributed by atoms with van der Waals surface area (Å²) < 4.78 is 5.28. The highest BCUT2D eigenvalue weighted by Gasteiger charge is 2.31. The lowest BCUT2D eigenvalue weighted by Gasteiger charge is -2.36. The Labute approximate surface area is 102 Å². The molecule has 2 atom stereocenters. The molecule has 2 fully saturated rings. The zero-order valence-electron chi connectivity index (χ0n) is 9.82. The number of nitrogens with zero attached hydrogens (tertiary/aromatic N) is 1. The Morgan fingerprint density at radius 3 is 2.62 bits per heavy atom. The molecule has 0 N–H and O–H groups in total. The fraction of sp³-hybridized carbons (Fsp3) is 0.917. The number of hydrogen-bond donors (Lipinski definition) is 0. The highest BCUT2D eigenvalue weighted by atomic mass is 35.5. The van der Waals surface area contributed by atoms with Crippen molar-refractivity contribution in [1.82, 2.24) is 4.90 Å². The highest BCUT2D eigenvalue weighted by Crippen LogP contribution is 2.25. The van der Waals surface area contributed by atoms with Gasteiger partial charge in [0, 0.05) is 37.6 Å². The molecule has 0 aromatic heterocycles. The Morgan fingerprint density at radius 2 is 2.00 bits per heavy atom. The molecule has 2 rings (SSSR count). The maximum Gasteiger partial charge on any atom is 0.225 e. The van der Waals surface area contributed by atoms with E-state index in [1.807, 2.05) is 4.90 Å². The van der Waals surface area contributed by atoms with Gasteiger partial charge in [0.05, 0.1) is 0 Å². The van der Waals surface area contributed by atoms with Crippen LogP contribution in [-0.2, 0) is 9.53 Å². The number of hydrogen-bond acceptors (Lipinski definition) is 2. The average Bonchev–Trinajstić information content (AvgIpc) is 2.33. The summed E-state index contributed by atoms with van der Waals surface area (Å²) in [7, 11) is 0. The van der Waals surface area contributed by atoms with Gasteiger partial charge in [0.15, 0.2) is 0 Å². The van der Waals surface area contributed by atoms with E-state index in [4.69, 9.17) is 16.3 Å². The van der Waals surface area contributed by atoms with Crippen molar-refractivity contribution in [1.29, 1.82) is 0 Å². The second kappa shape index (κ2) is 5.37. The Kier molecular flexibility index (Phi) is 4.09. The molecule has 0 saturated carbocycles. The Balaban J connectivity index is 1.89. The van der Waals surface area contributed by atoms with Gasteiger partial charge in [0.2, 0.25) is 5.91 Å². The summed E-state index contributed by atoms with van der Waals surface area (Å²) in [5.74, 6) is 0.922. The molecule has 2 aliphatic rings. The summed E-state index contributed by atoms with van der Waals surface area (Å²) in [6, 6.07) is 0. The molecule has 0 aromatic rings. The fourth-order valence-electron chi connectivity index (χ4n) is 2.52. The van der Waals surface area contributed by atoms with Gasteiger partial charge in [-0.2, -0.15) is 0 Å². The van der Waals surface area contributed by atoms with Crippen molar-refractivity contribution in [2.24, 2.45) is 11.8 Å². The molecule has 0 aliphatic carbocycles. The smallest absolute Gasteiger partial charge is 0.225 e. The third-order valence-electron chi connectivity index (χ3n) is 3.68. The van der Waals surface area contributed by atoms with Crippen LogP contribution in [0.4, 0.5) is 0 Å². The van der Waals surface area contributed by atoms with Crippen LogP contribution in [0.15, 0.2) is 0 Å². The van der Waals surface area contributed by atoms with Gasteiger partial charge < -0.3 is 9.64 Å². The first-order chi connectivity index (χ1) is 7.68. The number of likely N-dealkylation sites (tertiary alicyclic amines) is 1. The van der Waals surface area contributed by atoms with Crippen molar-refractivity contribution in [3.8, 4) is 0 Å². The Hall–Kier alpha value is -0.280. The van der Waals surface area contributed by atoms with Gasteiger partial charge in [0.25, 0.3) is 0 Å². The van der Waals surface area contributed by atoms with Crippen molar-refractivity contribution >= 4 is 17.5 Å². The van der Waals surface area contributed by atoms with Crippen LogP contribution in [0.3, 0.4) is 0 Å². The van der Waals surface area contributed by atoms with E-state index in [1.54, 1.807) is 0 Å². The number of rotatable bonds is 1. The standard InChI is InChI=1S/C12H20ClNO2/c1-9-8-14(5-2-11(9)13)12(15)10-3-6-16-7-4-10/h9-11H,2-8H2,1H3. The number of amides is 1. The first kappa shape index (κ1) is 12.2. The molecule has 0 bridgehead atoms. The predicted molar refractivity (Wildman–Crippen MR) is 63.5 cm³/mol. The topological polar surface area (TPSA) is 29.5 Å². The van der Waals surface area contributed by atoms with E-state index < -0.39 is 0 Å². The van der Waals surface area contributed by atoms with Crippen LogP contribution in [0, 0.1) is 11.8 Å². The van der Waals surface area contributed by atoms with Gasteiger partial charge in [0.1, 0.15) is 0 Å². The summed E-state index contributed by atoms with van der Waals surface area (Å²) >= 11 is 6.16. The zero-order valence-corrected chi connectivity index (χ0v) is 10.6. The van der Waals surface area contributed by atoms with Crippen LogP contribution in [0.1, 0.15) is 26.2 Å². The minimum atomic E-state index is 0.188. The lowest BCUT2D eigenvalue weighted by atomic mass is 9.94. The molecule has 2 unspecified atom stereocenters. The lowest BCUT2D eigenvalue weighted by molar-refractivity contribution is -0.140. The molecule has 1 amide bonds. The van der Waals surface area contributed by atoms with E-state index in [9.17, 15) is 4.79 Å². The van der Waals surface area contributed by atoms with Crippen LogP contribution in [0.5, 0.6) is 0 Å². The van der Waals surface area contributed by atoms with Crippen molar-refractivity contribution in [3.05, 3.63) is 0 Å². The van der Waals surface area contributed by atoms with Gasteiger partial charge in [-0.05, 0) is 25.2 Å². The molecule has 3 nitrogen and oxygen atoms in total. The highest BCUT2D eigenvalue weighted by molar-refractivity contribution is 6.20. The number of halogens is 1. The largest absolute Gasteiger partial charge is 0.381 e. The normalized spacial score (nSPS) is 32.8. The molecular formula is C12H20ClNO2. The van der Waals surface area contributed by atoms with Crippen molar-refractivity contribution in [2.75, 3.05) is 26.3 Å². The average molecular weight is 246 g/mol. The van der Waals surface area contributed by atoms with Crippen LogP contribution in [0.2, 0.25) is 0 Å². The molecule has 0 spiro atoms. The van der Waals surface area contributed by atoms with Crippen LogP contribution < -0.4 is 0 Å². The third-order valence-corrected chi connectivity index (χ3v) is 4.33.